The van der Waals surface area contributed by atoms with Gasteiger partial charge < -0.3 is 69.5 Å². The van der Waals surface area contributed by atoms with E-state index in [4.69, 9.17) is 44.1 Å². The van der Waals surface area contributed by atoms with Crippen LogP contribution in [0.1, 0.15) is 86.7 Å². The molecule has 2 aliphatic heterocycles. The Balaban J connectivity index is 0.000000679. The number of Topliss-reactive ketones (excluding diaryl/α,β-unsaturated/α-hetero) is 1. The van der Waals surface area contributed by atoms with Crippen LogP contribution >= 0.6 is 0 Å². The van der Waals surface area contributed by atoms with E-state index >= 15 is 4.79 Å². The Bertz CT molecular complexity index is 2530. The fourth-order valence-corrected chi connectivity index (χ4v) is 11.0. The van der Waals surface area contributed by atoms with E-state index < -0.39 is 137 Å². The molecule has 20 heteroatoms. The Kier molecular flexibility index (Phi) is 15.6. The van der Waals surface area contributed by atoms with Crippen LogP contribution in [0.5, 0.6) is 0 Å². The average Bonchev–Trinajstić information content (AvgIpc) is 3.35. The van der Waals surface area contributed by atoms with Gasteiger partial charge in [0.2, 0.25) is 0 Å². The highest BCUT2D eigenvalue weighted by atomic mass is 16.6. The Morgan fingerprint density at radius 3 is 1.89 bits per heavy atom. The zero-order valence-corrected chi connectivity index (χ0v) is 40.4. The van der Waals surface area contributed by atoms with Gasteiger partial charge in [0.1, 0.15) is 42.2 Å². The molecule has 1 amide bonds. The minimum atomic E-state index is -2.39. The fraction of sp³-hybridized carbons (Fsp3) is 0.500. The molecule has 2 bridgehead atoms. The molecule has 3 aromatic rings. The first-order valence-corrected chi connectivity index (χ1v) is 23.4. The standard InChI is InChI=1S/C47H51NO14.C5H10O5/c1-25-31(60-43(56)36(52)35(28-16-10-7-11-17-28)48-41(54)29-18-12-8-13-19-29)23-47(57)40(61-42(55)30-20-14-9-15-21-30)38-45(6,32(51)22-33-46(38,24-58-33)62-27(3)50)39(53)37(59-26(2)49)34(25)44(47,4)5;6-2-1-10-5(9)4(8)3(2)7/h7-21,31-33,35-38,40,51-52,57H,22-24H2,1-6H3,(H,48,54);2-9H,1H2/t31-,32-,33+,35-,36+,37+,38-,40-,45+,46-,47+;2-,3+,4-,5?/m01/s1. The topological polar surface area (TPSA) is 311 Å². The Morgan fingerprint density at radius 1 is 0.764 bits per heavy atom. The molecule has 72 heavy (non-hydrogen) atoms. The van der Waals surface area contributed by atoms with E-state index in [2.05, 4.69) is 10.1 Å². The second kappa shape index (κ2) is 20.9. The van der Waals surface area contributed by atoms with Crippen LogP contribution in [0.4, 0.5) is 0 Å². The van der Waals surface area contributed by atoms with Crippen molar-refractivity contribution in [3.63, 3.8) is 0 Å². The van der Waals surface area contributed by atoms with Crippen LogP contribution in [0.2, 0.25) is 0 Å². The highest BCUT2D eigenvalue weighted by Crippen LogP contribution is 2.64. The van der Waals surface area contributed by atoms with Gasteiger partial charge in [0.05, 0.1) is 42.3 Å². The predicted octanol–water partition coefficient (Wildman–Crippen LogP) is 1.15. The lowest BCUT2D eigenvalue weighted by molar-refractivity contribution is -0.346. The van der Waals surface area contributed by atoms with E-state index in [-0.39, 0.29) is 41.9 Å². The van der Waals surface area contributed by atoms with Gasteiger partial charge in [-0.1, -0.05) is 80.6 Å². The molecule has 4 fully saturated rings. The average molecular weight is 1000 g/mol. The summed E-state index contributed by atoms with van der Waals surface area (Å²) in [6.45, 7) is 7.82. The number of ketones is 1. The Hall–Kier alpha value is -5.94. The highest BCUT2D eigenvalue weighted by molar-refractivity contribution is 5.96. The molecule has 1 unspecified atom stereocenters. The van der Waals surface area contributed by atoms with Crippen molar-refractivity contribution in [2.75, 3.05) is 13.2 Å². The molecular weight excluding hydrogens is 943 g/mol. The molecular formula is C52H61NO19. The third kappa shape index (κ3) is 9.70. The number of aliphatic hydroxyl groups excluding tert-OH is 6. The van der Waals surface area contributed by atoms with Gasteiger partial charge in [-0.15, -0.1) is 0 Å². The smallest absolute Gasteiger partial charge is 0.338 e. The van der Waals surface area contributed by atoms with Crippen molar-refractivity contribution in [2.45, 2.75) is 133 Å². The SMILES string of the molecule is CC(=O)O[C@H]1C(=O)[C@@]2(C)[C@H]([C@H](OC(=O)c3ccccc3)[C@]3(O)C[C@H](OC(=O)[C@H](O)[C@@H](NC(=O)c4ccccc4)c4ccccc4)C(C)=C1C3(C)C)[C@]1(OC(C)=O)CO[C@@H]1C[C@@H]2O.OC1OC[C@@H](O)[C@H](O)[C@H]1O. The number of nitrogens with one attached hydrogen (secondary N) is 1. The second-order valence-corrected chi connectivity index (χ2v) is 19.6. The highest BCUT2D eigenvalue weighted by Gasteiger charge is 2.78. The molecule has 388 valence electrons. The fourth-order valence-electron chi connectivity index (χ4n) is 11.0. The van der Waals surface area contributed by atoms with Gasteiger partial charge in [0.15, 0.2) is 29.9 Å². The van der Waals surface area contributed by atoms with E-state index in [1.165, 1.54) is 26.0 Å². The third-order valence-electron chi connectivity index (χ3n) is 15.0. The van der Waals surface area contributed by atoms with E-state index in [1.54, 1.807) is 92.7 Å². The van der Waals surface area contributed by atoms with Gasteiger partial charge >= 0.3 is 23.9 Å². The maximum absolute atomic E-state index is 15.5. The summed E-state index contributed by atoms with van der Waals surface area (Å²) in [6, 6.07) is 22.9. The Morgan fingerprint density at radius 2 is 1.35 bits per heavy atom. The molecule has 3 aliphatic carbocycles. The number of benzene rings is 3. The maximum atomic E-state index is 15.5. The summed E-state index contributed by atoms with van der Waals surface area (Å²) in [6.07, 6.45) is -15.7. The van der Waals surface area contributed by atoms with Gasteiger partial charge in [0, 0.05) is 37.7 Å². The van der Waals surface area contributed by atoms with Crippen molar-refractivity contribution in [1.29, 1.82) is 0 Å². The van der Waals surface area contributed by atoms with Gasteiger partial charge in [-0.25, -0.2) is 9.59 Å². The maximum Gasteiger partial charge on any atom is 0.338 e. The molecule has 20 nitrogen and oxygen atoms in total. The molecule has 0 spiro atoms. The lowest BCUT2D eigenvalue weighted by Crippen LogP contribution is -2.82. The van der Waals surface area contributed by atoms with Gasteiger partial charge in [-0.2, -0.15) is 0 Å². The molecule has 2 saturated heterocycles. The summed E-state index contributed by atoms with van der Waals surface area (Å²) >= 11 is 0. The summed E-state index contributed by atoms with van der Waals surface area (Å²) in [5.74, 6) is -6.84. The van der Waals surface area contributed by atoms with Crippen LogP contribution in [0.15, 0.2) is 102 Å². The summed E-state index contributed by atoms with van der Waals surface area (Å²) < 4.78 is 34.7. The number of aliphatic hydroxyl groups is 7. The first-order chi connectivity index (χ1) is 33.9. The van der Waals surface area contributed by atoms with Crippen LogP contribution in [0.3, 0.4) is 0 Å². The van der Waals surface area contributed by atoms with Crippen LogP contribution in [0, 0.1) is 16.7 Å². The van der Waals surface area contributed by atoms with E-state index in [1.807, 2.05) is 0 Å². The number of ether oxygens (including phenoxy) is 6. The largest absolute Gasteiger partial charge is 0.456 e. The minimum absolute atomic E-state index is 0.00289. The molecule has 8 rings (SSSR count). The van der Waals surface area contributed by atoms with E-state index in [0.717, 1.165) is 13.8 Å². The predicted molar refractivity (Wildman–Crippen MR) is 248 cm³/mol. The van der Waals surface area contributed by atoms with Crippen molar-refractivity contribution in [2.24, 2.45) is 16.7 Å². The number of carbonyl (C=O) groups is 6. The minimum Gasteiger partial charge on any atom is -0.456 e. The summed E-state index contributed by atoms with van der Waals surface area (Å²) in [7, 11) is 0. The van der Waals surface area contributed by atoms with Crippen molar-refractivity contribution in [3.8, 4) is 0 Å². The molecule has 0 radical (unpaired) electrons. The van der Waals surface area contributed by atoms with Gasteiger partial charge in [0.25, 0.3) is 5.91 Å². The molecule has 3 aromatic carbocycles. The lowest BCUT2D eigenvalue weighted by atomic mass is 9.44. The zero-order valence-electron chi connectivity index (χ0n) is 40.4. The van der Waals surface area contributed by atoms with Crippen LogP contribution in [0.25, 0.3) is 0 Å². The summed E-state index contributed by atoms with van der Waals surface area (Å²) in [5.41, 5.74) is -7.02. The van der Waals surface area contributed by atoms with Crippen molar-refractivity contribution in [1.82, 2.24) is 5.32 Å². The number of esters is 4. The normalized spacial score (nSPS) is 34.3. The van der Waals surface area contributed by atoms with Crippen LogP contribution < -0.4 is 5.32 Å². The molecule has 0 aromatic heterocycles. The van der Waals surface area contributed by atoms with E-state index in [9.17, 15) is 39.3 Å². The lowest BCUT2D eigenvalue weighted by Gasteiger charge is -2.67. The number of amides is 1. The Labute approximate surface area is 414 Å². The van der Waals surface area contributed by atoms with Crippen LogP contribution in [-0.4, -0.2) is 157 Å². The number of hydrogen-bond acceptors (Lipinski definition) is 19. The van der Waals surface area contributed by atoms with Crippen LogP contribution in [-0.2, 0) is 47.6 Å². The third-order valence-corrected chi connectivity index (χ3v) is 15.0. The zero-order chi connectivity index (χ0) is 52.7. The van der Waals surface area contributed by atoms with E-state index in [0.29, 0.717) is 5.56 Å². The van der Waals surface area contributed by atoms with Gasteiger partial charge in [-0.3, -0.25) is 19.2 Å². The van der Waals surface area contributed by atoms with Gasteiger partial charge in [-0.05, 0) is 54.8 Å². The quantitative estimate of drug-likeness (QED) is 0.0803. The number of rotatable bonds is 10. The van der Waals surface area contributed by atoms with Crippen molar-refractivity contribution in [3.05, 3.63) is 119 Å². The molecule has 5 aliphatic rings. The molecule has 8 N–H and O–H groups in total. The number of fused-ring (bicyclic) bond motifs is 5. The summed E-state index contributed by atoms with van der Waals surface area (Å²) in [5, 5.41) is 75.5. The monoisotopic (exact) mass is 1000 g/mol. The van der Waals surface area contributed by atoms with Crippen molar-refractivity contribution >= 4 is 35.6 Å². The first-order valence-electron chi connectivity index (χ1n) is 23.4. The first kappa shape index (κ1) is 53.8. The molecule has 2 heterocycles. The number of hydrogen-bond donors (Lipinski definition) is 8. The molecule has 2 saturated carbocycles. The van der Waals surface area contributed by atoms with Crippen molar-refractivity contribution < 1.29 is 92.9 Å². The number of carbonyl (C=O) groups excluding carboxylic acids is 6. The second-order valence-electron chi connectivity index (χ2n) is 19.6. The summed E-state index contributed by atoms with van der Waals surface area (Å²) in [4.78, 5) is 83.5. The molecule has 15 atom stereocenters.